The predicted octanol–water partition coefficient (Wildman–Crippen LogP) is 3.86. The van der Waals surface area contributed by atoms with E-state index in [0.29, 0.717) is 27.7 Å². The van der Waals surface area contributed by atoms with Crippen molar-refractivity contribution in [3.05, 3.63) is 39.8 Å². The number of oxazole rings is 1. The van der Waals surface area contributed by atoms with Crippen LogP contribution < -0.4 is 0 Å². The number of aryl methyl sites for hydroxylation is 1. The molecular weight excluding hydrogens is 334 g/mol. The SMILES string of the molecule is COC(=O)CCc1oc(Br)nc1-c1ccc(Cl)cc1. The summed E-state index contributed by atoms with van der Waals surface area (Å²) in [6.07, 6.45) is 0.682. The summed E-state index contributed by atoms with van der Waals surface area (Å²) in [7, 11) is 1.36. The highest BCUT2D eigenvalue weighted by molar-refractivity contribution is 9.10. The van der Waals surface area contributed by atoms with Crippen LogP contribution in [0.2, 0.25) is 5.02 Å². The van der Waals surface area contributed by atoms with Crippen LogP contribution in [0, 0.1) is 0 Å². The Morgan fingerprint density at radius 2 is 2.11 bits per heavy atom. The van der Waals surface area contributed by atoms with Crippen LogP contribution in [0.5, 0.6) is 0 Å². The summed E-state index contributed by atoms with van der Waals surface area (Å²) in [5.74, 6) is 0.356. The molecule has 0 aliphatic heterocycles. The van der Waals surface area contributed by atoms with E-state index in [4.69, 9.17) is 16.0 Å². The summed E-state index contributed by atoms with van der Waals surface area (Å²) in [6, 6.07) is 7.27. The summed E-state index contributed by atoms with van der Waals surface area (Å²) in [4.78, 5) is 15.8. The fourth-order valence-corrected chi connectivity index (χ4v) is 2.14. The van der Waals surface area contributed by atoms with Crippen LogP contribution in [-0.2, 0) is 16.0 Å². The Morgan fingerprint density at radius 1 is 1.42 bits per heavy atom. The standard InChI is InChI=1S/C13H11BrClNO3/c1-18-11(17)7-6-10-12(16-13(14)19-10)8-2-4-9(15)5-3-8/h2-5H,6-7H2,1H3. The third kappa shape index (κ3) is 3.58. The van der Waals surface area contributed by atoms with Crippen LogP contribution in [0.1, 0.15) is 12.2 Å². The van der Waals surface area contributed by atoms with Gasteiger partial charge in [0.15, 0.2) is 0 Å². The molecule has 1 heterocycles. The third-order valence-electron chi connectivity index (χ3n) is 2.57. The summed E-state index contributed by atoms with van der Waals surface area (Å²) < 4.78 is 10.1. The lowest BCUT2D eigenvalue weighted by Crippen LogP contribution is -2.02. The maximum atomic E-state index is 11.2. The van der Waals surface area contributed by atoms with Gasteiger partial charge in [-0.15, -0.1) is 0 Å². The lowest BCUT2D eigenvalue weighted by Gasteiger charge is -2.01. The van der Waals surface area contributed by atoms with Gasteiger partial charge in [-0.05, 0) is 12.1 Å². The molecule has 0 spiro atoms. The van der Waals surface area contributed by atoms with E-state index in [2.05, 4.69) is 25.7 Å². The first-order chi connectivity index (χ1) is 9.10. The summed E-state index contributed by atoms with van der Waals surface area (Å²) >= 11 is 9.05. The number of benzene rings is 1. The van der Waals surface area contributed by atoms with E-state index in [1.54, 1.807) is 12.1 Å². The first-order valence-corrected chi connectivity index (χ1v) is 6.75. The molecule has 0 atom stereocenters. The molecular formula is C13H11BrClNO3. The van der Waals surface area contributed by atoms with E-state index in [-0.39, 0.29) is 12.4 Å². The number of esters is 1. The Kier molecular flexibility index (Phi) is 4.61. The lowest BCUT2D eigenvalue weighted by atomic mass is 10.1. The molecule has 0 amide bonds. The quantitative estimate of drug-likeness (QED) is 0.790. The van der Waals surface area contributed by atoms with Crippen molar-refractivity contribution in [2.24, 2.45) is 0 Å². The number of aromatic nitrogens is 1. The zero-order valence-corrected chi connectivity index (χ0v) is 12.5. The van der Waals surface area contributed by atoms with Gasteiger partial charge in [0.05, 0.1) is 13.5 Å². The molecule has 0 aliphatic carbocycles. The van der Waals surface area contributed by atoms with Crippen LogP contribution in [0.3, 0.4) is 0 Å². The number of nitrogens with zero attached hydrogens (tertiary/aromatic N) is 1. The molecule has 4 nitrogen and oxygen atoms in total. The molecule has 0 saturated carbocycles. The van der Waals surface area contributed by atoms with Gasteiger partial charge in [-0.2, -0.15) is 0 Å². The molecule has 0 N–H and O–H groups in total. The van der Waals surface area contributed by atoms with Gasteiger partial charge in [-0.3, -0.25) is 4.79 Å². The van der Waals surface area contributed by atoms with Crippen molar-refractivity contribution >= 4 is 33.5 Å². The minimum Gasteiger partial charge on any atom is -0.469 e. The van der Waals surface area contributed by atoms with Gasteiger partial charge < -0.3 is 9.15 Å². The van der Waals surface area contributed by atoms with Gasteiger partial charge in [0.2, 0.25) is 0 Å². The van der Waals surface area contributed by atoms with Gasteiger partial charge in [-0.1, -0.05) is 23.7 Å². The topological polar surface area (TPSA) is 52.3 Å². The normalized spacial score (nSPS) is 10.5. The first kappa shape index (κ1) is 14.1. The number of halogens is 2. The minimum absolute atomic E-state index is 0.249. The lowest BCUT2D eigenvalue weighted by molar-refractivity contribution is -0.140. The number of carbonyl (C=O) groups is 1. The minimum atomic E-state index is -0.283. The van der Waals surface area contributed by atoms with Gasteiger partial charge in [0.25, 0.3) is 4.80 Å². The zero-order valence-electron chi connectivity index (χ0n) is 10.2. The third-order valence-corrected chi connectivity index (χ3v) is 3.16. The Morgan fingerprint density at radius 3 is 2.74 bits per heavy atom. The van der Waals surface area contributed by atoms with E-state index < -0.39 is 0 Å². The number of methoxy groups -OCH3 is 1. The van der Waals surface area contributed by atoms with E-state index in [1.807, 2.05) is 12.1 Å². The Bertz CT molecular complexity index is 580. The highest BCUT2D eigenvalue weighted by atomic mass is 79.9. The highest BCUT2D eigenvalue weighted by Crippen LogP contribution is 2.28. The van der Waals surface area contributed by atoms with Crippen molar-refractivity contribution in [2.75, 3.05) is 7.11 Å². The van der Waals surface area contributed by atoms with Gasteiger partial charge >= 0.3 is 5.97 Å². The Hall–Kier alpha value is -1.33. The highest BCUT2D eigenvalue weighted by Gasteiger charge is 2.15. The van der Waals surface area contributed by atoms with E-state index in [1.165, 1.54) is 7.11 Å². The molecule has 2 rings (SSSR count). The van der Waals surface area contributed by atoms with Crippen LogP contribution in [0.4, 0.5) is 0 Å². The second-order valence-corrected chi connectivity index (χ2v) is 4.94. The average Bonchev–Trinajstić information content (AvgIpc) is 2.78. The van der Waals surface area contributed by atoms with Gasteiger partial charge in [0, 0.05) is 32.9 Å². The molecule has 19 heavy (non-hydrogen) atoms. The first-order valence-electron chi connectivity index (χ1n) is 5.58. The monoisotopic (exact) mass is 343 g/mol. The van der Waals surface area contributed by atoms with Gasteiger partial charge in [-0.25, -0.2) is 4.98 Å². The van der Waals surface area contributed by atoms with Crippen molar-refractivity contribution in [3.8, 4) is 11.3 Å². The van der Waals surface area contributed by atoms with Crippen molar-refractivity contribution in [3.63, 3.8) is 0 Å². The number of carbonyl (C=O) groups excluding carboxylic acids is 1. The summed E-state index contributed by atoms with van der Waals surface area (Å²) in [6.45, 7) is 0. The zero-order chi connectivity index (χ0) is 13.8. The second kappa shape index (κ2) is 6.21. The molecule has 0 unspecified atom stereocenters. The molecule has 6 heteroatoms. The van der Waals surface area contributed by atoms with E-state index in [0.717, 1.165) is 5.56 Å². The molecule has 0 radical (unpaired) electrons. The average molecular weight is 345 g/mol. The van der Waals surface area contributed by atoms with Crippen molar-refractivity contribution < 1.29 is 13.9 Å². The number of ether oxygens (including phenoxy) is 1. The van der Waals surface area contributed by atoms with Crippen molar-refractivity contribution in [2.45, 2.75) is 12.8 Å². The molecule has 0 fully saturated rings. The molecule has 1 aromatic heterocycles. The van der Waals surface area contributed by atoms with Gasteiger partial charge in [0.1, 0.15) is 11.5 Å². The Balaban J connectivity index is 2.25. The summed E-state index contributed by atoms with van der Waals surface area (Å²) in [5.41, 5.74) is 1.59. The number of rotatable bonds is 4. The Labute approximate surface area is 123 Å². The molecule has 100 valence electrons. The van der Waals surface area contributed by atoms with E-state index in [9.17, 15) is 4.79 Å². The molecule has 1 aromatic carbocycles. The van der Waals surface area contributed by atoms with Crippen LogP contribution in [-0.4, -0.2) is 18.1 Å². The molecule has 2 aromatic rings. The maximum absolute atomic E-state index is 11.2. The molecule has 0 aliphatic rings. The molecule has 0 bridgehead atoms. The van der Waals surface area contributed by atoms with Crippen LogP contribution in [0.15, 0.2) is 33.5 Å². The maximum Gasteiger partial charge on any atom is 0.305 e. The summed E-state index contributed by atoms with van der Waals surface area (Å²) in [5, 5.41) is 0.655. The van der Waals surface area contributed by atoms with E-state index >= 15 is 0 Å². The predicted molar refractivity (Wildman–Crippen MR) is 75.0 cm³/mol. The second-order valence-electron chi connectivity index (χ2n) is 3.82. The molecule has 0 saturated heterocycles. The fraction of sp³-hybridized carbons (Fsp3) is 0.231. The number of hydrogen-bond acceptors (Lipinski definition) is 4. The van der Waals surface area contributed by atoms with Crippen LogP contribution >= 0.6 is 27.5 Å². The largest absolute Gasteiger partial charge is 0.469 e. The van der Waals surface area contributed by atoms with Crippen LogP contribution in [0.25, 0.3) is 11.3 Å². The number of hydrogen-bond donors (Lipinski definition) is 0. The fourth-order valence-electron chi connectivity index (χ4n) is 1.64. The smallest absolute Gasteiger partial charge is 0.305 e. The van der Waals surface area contributed by atoms with Crippen molar-refractivity contribution in [1.29, 1.82) is 0 Å². The van der Waals surface area contributed by atoms with Crippen molar-refractivity contribution in [1.82, 2.24) is 4.98 Å².